The summed E-state index contributed by atoms with van der Waals surface area (Å²) >= 11 is 0. The van der Waals surface area contributed by atoms with E-state index in [1.807, 2.05) is 37.3 Å². The van der Waals surface area contributed by atoms with Crippen molar-refractivity contribution in [3.05, 3.63) is 65.7 Å². The first kappa shape index (κ1) is 16.5. The fraction of sp³-hybridized carbons (Fsp3) is 0.222. The molecule has 0 unspecified atom stereocenters. The molecule has 1 amide bonds. The lowest BCUT2D eigenvalue weighted by atomic mass is 10.0. The number of phenolic OH excluding ortho intramolecular Hbond substituents is 1. The van der Waals surface area contributed by atoms with Crippen LogP contribution in [0.1, 0.15) is 28.8 Å². The van der Waals surface area contributed by atoms with Gasteiger partial charge in [-0.2, -0.15) is 0 Å². The zero-order valence-electron chi connectivity index (χ0n) is 12.9. The summed E-state index contributed by atoms with van der Waals surface area (Å²) in [4.78, 5) is 23.5. The highest BCUT2D eigenvalue weighted by Crippen LogP contribution is 2.16. The van der Waals surface area contributed by atoms with Gasteiger partial charge in [0.15, 0.2) is 6.61 Å². The van der Waals surface area contributed by atoms with Crippen LogP contribution in [0.4, 0.5) is 0 Å². The zero-order chi connectivity index (χ0) is 16.7. The lowest BCUT2D eigenvalue weighted by molar-refractivity contribution is -0.124. The van der Waals surface area contributed by atoms with Gasteiger partial charge in [0.05, 0.1) is 0 Å². The fourth-order valence-electron chi connectivity index (χ4n) is 2.07. The third-order valence-corrected chi connectivity index (χ3v) is 3.43. The summed E-state index contributed by atoms with van der Waals surface area (Å²) in [6.45, 7) is 2.08. The molecule has 0 heterocycles. The number of aromatic hydroxyl groups is 1. The first-order valence-corrected chi connectivity index (χ1v) is 7.34. The van der Waals surface area contributed by atoms with Gasteiger partial charge in [0.25, 0.3) is 5.91 Å². The second-order valence-electron chi connectivity index (χ2n) is 5.21. The second-order valence-corrected chi connectivity index (χ2v) is 5.21. The zero-order valence-corrected chi connectivity index (χ0v) is 12.9. The predicted octanol–water partition coefficient (Wildman–Crippen LogP) is 2.47. The average Bonchev–Trinajstić information content (AvgIpc) is 2.58. The minimum Gasteiger partial charge on any atom is -0.507 e. The van der Waals surface area contributed by atoms with E-state index in [2.05, 4.69) is 5.32 Å². The molecule has 0 aliphatic rings. The summed E-state index contributed by atoms with van der Waals surface area (Å²) in [6.07, 6.45) is 0. The first-order chi connectivity index (χ1) is 11.1. The Balaban J connectivity index is 1.77. The number of rotatable bonds is 6. The van der Waals surface area contributed by atoms with Gasteiger partial charge in [-0.05, 0) is 23.6 Å². The number of benzene rings is 2. The molecule has 2 N–H and O–H groups in total. The molecule has 2 aromatic rings. The number of phenols is 1. The molecule has 2 aromatic carbocycles. The van der Waals surface area contributed by atoms with Crippen molar-refractivity contribution in [1.29, 1.82) is 0 Å². The van der Waals surface area contributed by atoms with Crippen LogP contribution in [0.5, 0.6) is 5.75 Å². The molecule has 0 aliphatic carbocycles. The van der Waals surface area contributed by atoms with Gasteiger partial charge in [-0.3, -0.25) is 4.79 Å². The summed E-state index contributed by atoms with van der Waals surface area (Å²) in [5.41, 5.74) is 1.16. The van der Waals surface area contributed by atoms with E-state index in [9.17, 15) is 14.7 Å². The molecule has 0 radical (unpaired) electrons. The number of hydrogen-bond acceptors (Lipinski definition) is 4. The molecule has 0 spiro atoms. The van der Waals surface area contributed by atoms with Crippen LogP contribution in [0, 0.1) is 0 Å². The van der Waals surface area contributed by atoms with Gasteiger partial charge in [0.2, 0.25) is 0 Å². The molecular formula is C18H19NO4. The van der Waals surface area contributed by atoms with E-state index in [1.54, 1.807) is 12.1 Å². The molecule has 0 aliphatic heterocycles. The van der Waals surface area contributed by atoms with Crippen LogP contribution in [0.15, 0.2) is 54.6 Å². The van der Waals surface area contributed by atoms with Crippen LogP contribution in [0.25, 0.3) is 0 Å². The topological polar surface area (TPSA) is 75.6 Å². The Kier molecular flexibility index (Phi) is 5.74. The molecule has 0 fully saturated rings. The standard InChI is InChI=1S/C18H19NO4/c1-13(14-7-3-2-4-8-14)11-19-17(21)12-23-18(22)15-9-5-6-10-16(15)20/h2-10,13,20H,11-12H2,1H3,(H,19,21)/t13-/m0/s1. The molecular weight excluding hydrogens is 294 g/mol. The molecule has 5 nitrogen and oxygen atoms in total. The Labute approximate surface area is 134 Å². The highest BCUT2D eigenvalue weighted by Gasteiger charge is 2.14. The van der Waals surface area contributed by atoms with E-state index in [0.29, 0.717) is 6.54 Å². The number of esters is 1. The van der Waals surface area contributed by atoms with Crippen molar-refractivity contribution in [2.75, 3.05) is 13.2 Å². The van der Waals surface area contributed by atoms with E-state index in [1.165, 1.54) is 12.1 Å². The van der Waals surface area contributed by atoms with Gasteiger partial charge >= 0.3 is 5.97 Å². The Morgan fingerprint density at radius 1 is 1.09 bits per heavy atom. The third-order valence-electron chi connectivity index (χ3n) is 3.43. The number of carbonyl (C=O) groups is 2. The Hall–Kier alpha value is -2.82. The second kappa shape index (κ2) is 7.98. The highest BCUT2D eigenvalue weighted by molar-refractivity contribution is 5.93. The fourth-order valence-corrected chi connectivity index (χ4v) is 2.07. The minimum atomic E-state index is -0.727. The van der Waals surface area contributed by atoms with Gasteiger partial charge in [-0.1, -0.05) is 49.4 Å². The molecule has 1 atom stereocenters. The van der Waals surface area contributed by atoms with E-state index >= 15 is 0 Å². The van der Waals surface area contributed by atoms with Crippen molar-refractivity contribution in [3.8, 4) is 5.75 Å². The van der Waals surface area contributed by atoms with Crippen LogP contribution >= 0.6 is 0 Å². The molecule has 0 saturated carbocycles. The molecule has 23 heavy (non-hydrogen) atoms. The molecule has 2 rings (SSSR count). The molecule has 120 valence electrons. The number of nitrogens with one attached hydrogen (secondary N) is 1. The van der Waals surface area contributed by atoms with Crippen molar-refractivity contribution in [2.45, 2.75) is 12.8 Å². The van der Waals surface area contributed by atoms with Crippen LogP contribution in [-0.2, 0) is 9.53 Å². The maximum absolute atomic E-state index is 11.8. The van der Waals surface area contributed by atoms with Gasteiger partial charge in [0.1, 0.15) is 11.3 Å². The van der Waals surface area contributed by atoms with Gasteiger partial charge in [-0.25, -0.2) is 4.79 Å². The number of para-hydroxylation sites is 1. The molecule has 0 saturated heterocycles. The van der Waals surface area contributed by atoms with E-state index < -0.39 is 5.97 Å². The number of ether oxygens (including phenoxy) is 1. The maximum Gasteiger partial charge on any atom is 0.342 e. The molecule has 0 bridgehead atoms. The largest absolute Gasteiger partial charge is 0.507 e. The van der Waals surface area contributed by atoms with Crippen LogP contribution in [0.3, 0.4) is 0 Å². The summed E-state index contributed by atoms with van der Waals surface area (Å²) in [5, 5.41) is 12.3. The first-order valence-electron chi connectivity index (χ1n) is 7.34. The van der Waals surface area contributed by atoms with Crippen LogP contribution in [0.2, 0.25) is 0 Å². The quantitative estimate of drug-likeness (QED) is 0.803. The van der Waals surface area contributed by atoms with Crippen molar-refractivity contribution < 1.29 is 19.4 Å². The van der Waals surface area contributed by atoms with Gasteiger partial charge in [-0.15, -0.1) is 0 Å². The predicted molar refractivity (Wildman–Crippen MR) is 86.3 cm³/mol. The van der Waals surface area contributed by atoms with E-state index in [0.717, 1.165) is 5.56 Å². The number of amides is 1. The number of hydrogen-bond donors (Lipinski definition) is 2. The summed E-state index contributed by atoms with van der Waals surface area (Å²) in [7, 11) is 0. The lowest BCUT2D eigenvalue weighted by Gasteiger charge is -2.13. The minimum absolute atomic E-state index is 0.0398. The summed E-state index contributed by atoms with van der Waals surface area (Å²) in [5.74, 6) is -1.12. The Morgan fingerprint density at radius 3 is 2.43 bits per heavy atom. The van der Waals surface area contributed by atoms with Crippen molar-refractivity contribution >= 4 is 11.9 Å². The van der Waals surface area contributed by atoms with Crippen LogP contribution in [-0.4, -0.2) is 30.1 Å². The monoisotopic (exact) mass is 313 g/mol. The summed E-state index contributed by atoms with van der Waals surface area (Å²) < 4.78 is 4.90. The smallest absolute Gasteiger partial charge is 0.342 e. The van der Waals surface area contributed by atoms with E-state index in [4.69, 9.17) is 4.74 Å². The maximum atomic E-state index is 11.8. The SMILES string of the molecule is C[C@@H](CNC(=O)COC(=O)c1ccccc1O)c1ccccc1. The highest BCUT2D eigenvalue weighted by atomic mass is 16.5. The molecule has 0 aromatic heterocycles. The van der Waals surface area contributed by atoms with Crippen molar-refractivity contribution in [3.63, 3.8) is 0 Å². The van der Waals surface area contributed by atoms with Crippen molar-refractivity contribution in [1.82, 2.24) is 5.32 Å². The lowest BCUT2D eigenvalue weighted by Crippen LogP contribution is -2.31. The van der Waals surface area contributed by atoms with E-state index in [-0.39, 0.29) is 29.7 Å². The van der Waals surface area contributed by atoms with Gasteiger partial charge < -0.3 is 15.2 Å². The number of carbonyl (C=O) groups excluding carboxylic acids is 2. The third kappa shape index (κ3) is 4.85. The van der Waals surface area contributed by atoms with Crippen LogP contribution < -0.4 is 5.32 Å². The van der Waals surface area contributed by atoms with Gasteiger partial charge in [0, 0.05) is 6.54 Å². The van der Waals surface area contributed by atoms with Crippen molar-refractivity contribution in [2.24, 2.45) is 0 Å². The Bertz CT molecular complexity index is 670. The molecule has 5 heteroatoms. The Morgan fingerprint density at radius 2 is 1.74 bits per heavy atom. The average molecular weight is 313 g/mol. The normalized spacial score (nSPS) is 11.5. The summed E-state index contributed by atoms with van der Waals surface area (Å²) in [6, 6.07) is 15.9.